The molecule has 0 aromatic carbocycles. The SMILES string of the molecule is N/C(=N/O)c1cccnc1N1CCC2(O)CCCCC2C1. The number of hydrogen-bond donors (Lipinski definition) is 3. The van der Waals surface area contributed by atoms with Crippen LogP contribution in [0.15, 0.2) is 23.5 Å². The molecule has 6 heteroatoms. The van der Waals surface area contributed by atoms with Crippen molar-refractivity contribution in [2.45, 2.75) is 37.7 Å². The van der Waals surface area contributed by atoms with Crippen molar-refractivity contribution in [3.63, 3.8) is 0 Å². The molecule has 0 radical (unpaired) electrons. The first-order valence-corrected chi connectivity index (χ1v) is 7.54. The number of rotatable bonds is 2. The van der Waals surface area contributed by atoms with Crippen molar-refractivity contribution in [1.29, 1.82) is 0 Å². The minimum Gasteiger partial charge on any atom is -0.409 e. The highest BCUT2D eigenvalue weighted by molar-refractivity contribution is 6.01. The summed E-state index contributed by atoms with van der Waals surface area (Å²) < 4.78 is 0. The van der Waals surface area contributed by atoms with Crippen molar-refractivity contribution in [1.82, 2.24) is 4.98 Å². The van der Waals surface area contributed by atoms with Gasteiger partial charge in [-0.05, 0) is 31.4 Å². The van der Waals surface area contributed by atoms with Crippen molar-refractivity contribution in [3.8, 4) is 0 Å². The third-order valence-corrected chi connectivity index (χ3v) is 4.90. The number of fused-ring (bicyclic) bond motifs is 1. The fourth-order valence-corrected chi connectivity index (χ4v) is 3.67. The zero-order valence-electron chi connectivity index (χ0n) is 12.1. The van der Waals surface area contributed by atoms with Crippen LogP contribution >= 0.6 is 0 Å². The maximum Gasteiger partial charge on any atom is 0.173 e. The quantitative estimate of drug-likeness (QED) is 0.330. The van der Waals surface area contributed by atoms with Gasteiger partial charge in [0.15, 0.2) is 5.84 Å². The smallest absolute Gasteiger partial charge is 0.173 e. The lowest BCUT2D eigenvalue weighted by atomic mass is 9.71. The number of aliphatic hydroxyl groups is 1. The van der Waals surface area contributed by atoms with Gasteiger partial charge in [0.2, 0.25) is 0 Å². The van der Waals surface area contributed by atoms with Crippen molar-refractivity contribution < 1.29 is 10.3 Å². The van der Waals surface area contributed by atoms with Crippen LogP contribution in [0.1, 0.15) is 37.7 Å². The Morgan fingerprint density at radius 1 is 1.43 bits per heavy atom. The second-order valence-electron chi connectivity index (χ2n) is 6.10. The first-order valence-electron chi connectivity index (χ1n) is 7.54. The minimum absolute atomic E-state index is 0.0718. The summed E-state index contributed by atoms with van der Waals surface area (Å²) >= 11 is 0. The number of oxime groups is 1. The molecule has 1 saturated carbocycles. The lowest BCUT2D eigenvalue weighted by Crippen LogP contribution is -2.53. The van der Waals surface area contributed by atoms with Crippen LogP contribution in [0.2, 0.25) is 0 Å². The van der Waals surface area contributed by atoms with E-state index in [1.807, 2.05) is 0 Å². The summed E-state index contributed by atoms with van der Waals surface area (Å²) in [7, 11) is 0. The fraction of sp³-hybridized carbons (Fsp3) is 0.600. The molecule has 2 heterocycles. The van der Waals surface area contributed by atoms with E-state index in [0.29, 0.717) is 5.56 Å². The van der Waals surface area contributed by atoms with Gasteiger partial charge in [0.1, 0.15) is 5.82 Å². The predicted octanol–water partition coefficient (Wildman–Crippen LogP) is 1.31. The number of piperidine rings is 1. The Bertz CT molecular complexity index is 548. The number of anilines is 1. The summed E-state index contributed by atoms with van der Waals surface area (Å²) in [5, 5.41) is 22.7. The molecule has 3 rings (SSSR count). The van der Waals surface area contributed by atoms with Crippen LogP contribution in [0, 0.1) is 5.92 Å². The Labute approximate surface area is 124 Å². The minimum atomic E-state index is -0.514. The van der Waals surface area contributed by atoms with E-state index < -0.39 is 5.60 Å². The van der Waals surface area contributed by atoms with Gasteiger partial charge >= 0.3 is 0 Å². The average molecular weight is 290 g/mol. The highest BCUT2D eigenvalue weighted by atomic mass is 16.4. The number of nitrogens with two attached hydrogens (primary N) is 1. The first-order chi connectivity index (χ1) is 10.1. The van der Waals surface area contributed by atoms with Crippen LogP contribution in [-0.2, 0) is 0 Å². The van der Waals surface area contributed by atoms with Crippen molar-refractivity contribution in [2.75, 3.05) is 18.0 Å². The van der Waals surface area contributed by atoms with Crippen LogP contribution in [0.4, 0.5) is 5.82 Å². The van der Waals surface area contributed by atoms with Crippen LogP contribution < -0.4 is 10.6 Å². The van der Waals surface area contributed by atoms with Crippen LogP contribution in [0.3, 0.4) is 0 Å². The average Bonchev–Trinajstić information content (AvgIpc) is 2.53. The van der Waals surface area contributed by atoms with Gasteiger partial charge in [0.05, 0.1) is 11.2 Å². The van der Waals surface area contributed by atoms with E-state index in [2.05, 4.69) is 15.0 Å². The Hall–Kier alpha value is -1.82. The van der Waals surface area contributed by atoms with E-state index in [0.717, 1.165) is 44.6 Å². The second kappa shape index (κ2) is 5.52. The summed E-state index contributed by atoms with van der Waals surface area (Å²) in [6.45, 7) is 1.52. The van der Waals surface area contributed by atoms with Gasteiger partial charge in [-0.3, -0.25) is 0 Å². The molecule has 2 unspecified atom stereocenters. The molecule has 1 aromatic rings. The molecule has 2 atom stereocenters. The van der Waals surface area contributed by atoms with E-state index >= 15 is 0 Å². The number of aromatic nitrogens is 1. The molecule has 6 nitrogen and oxygen atoms in total. The van der Waals surface area contributed by atoms with Crippen molar-refractivity contribution in [3.05, 3.63) is 23.9 Å². The maximum atomic E-state index is 10.7. The summed E-state index contributed by atoms with van der Waals surface area (Å²) in [6, 6.07) is 3.58. The van der Waals surface area contributed by atoms with Crippen molar-refractivity contribution >= 4 is 11.7 Å². The van der Waals surface area contributed by atoms with E-state index in [-0.39, 0.29) is 11.8 Å². The van der Waals surface area contributed by atoms with Gasteiger partial charge in [-0.2, -0.15) is 0 Å². The molecule has 0 spiro atoms. The molecule has 114 valence electrons. The Balaban J connectivity index is 1.86. The predicted molar refractivity (Wildman–Crippen MR) is 80.5 cm³/mol. The van der Waals surface area contributed by atoms with Gasteiger partial charge in [-0.15, -0.1) is 0 Å². The first kappa shape index (κ1) is 14.1. The molecule has 0 amide bonds. The van der Waals surface area contributed by atoms with Crippen LogP contribution in [-0.4, -0.2) is 39.8 Å². The second-order valence-corrected chi connectivity index (χ2v) is 6.10. The molecular formula is C15H22N4O2. The topological polar surface area (TPSA) is 95.0 Å². The summed E-state index contributed by atoms with van der Waals surface area (Å²) in [4.78, 5) is 6.55. The molecule has 2 fully saturated rings. The summed E-state index contributed by atoms with van der Waals surface area (Å²) in [6.07, 6.45) is 6.72. The fourth-order valence-electron chi connectivity index (χ4n) is 3.67. The molecule has 0 bridgehead atoms. The standard InChI is InChI=1S/C15H22N4O2/c16-13(18-21)12-5-3-8-17-14(12)19-9-7-15(20)6-2-1-4-11(15)10-19/h3,5,8,11,20-21H,1-2,4,6-7,9-10H2,(H2,16,18). The Morgan fingerprint density at radius 3 is 3.10 bits per heavy atom. The van der Waals surface area contributed by atoms with E-state index in [9.17, 15) is 5.11 Å². The highest BCUT2D eigenvalue weighted by Crippen LogP contribution is 2.40. The Morgan fingerprint density at radius 2 is 2.29 bits per heavy atom. The van der Waals surface area contributed by atoms with E-state index in [4.69, 9.17) is 10.9 Å². The molecule has 21 heavy (non-hydrogen) atoms. The molecule has 1 aromatic heterocycles. The highest BCUT2D eigenvalue weighted by Gasteiger charge is 2.43. The molecule has 1 saturated heterocycles. The lowest BCUT2D eigenvalue weighted by Gasteiger charge is -2.48. The number of nitrogens with zero attached hydrogens (tertiary/aromatic N) is 3. The largest absolute Gasteiger partial charge is 0.409 e. The van der Waals surface area contributed by atoms with Crippen LogP contribution in [0.5, 0.6) is 0 Å². The molecule has 4 N–H and O–H groups in total. The molecular weight excluding hydrogens is 268 g/mol. The maximum absolute atomic E-state index is 10.7. The molecule has 1 aliphatic carbocycles. The number of hydrogen-bond acceptors (Lipinski definition) is 5. The zero-order chi connectivity index (χ0) is 14.9. The number of pyridine rings is 1. The van der Waals surface area contributed by atoms with Gasteiger partial charge in [0, 0.05) is 25.2 Å². The van der Waals surface area contributed by atoms with Gasteiger partial charge in [-0.25, -0.2) is 4.98 Å². The zero-order valence-corrected chi connectivity index (χ0v) is 12.1. The Kier molecular flexibility index (Phi) is 3.71. The summed E-state index contributed by atoms with van der Waals surface area (Å²) in [5.74, 6) is 1.09. The van der Waals surface area contributed by atoms with E-state index in [1.54, 1.807) is 18.3 Å². The van der Waals surface area contributed by atoms with Gasteiger partial charge < -0.3 is 20.9 Å². The van der Waals surface area contributed by atoms with Gasteiger partial charge in [-0.1, -0.05) is 18.0 Å². The van der Waals surface area contributed by atoms with E-state index in [1.165, 1.54) is 6.42 Å². The number of amidine groups is 1. The van der Waals surface area contributed by atoms with Gasteiger partial charge in [0.25, 0.3) is 0 Å². The van der Waals surface area contributed by atoms with Crippen molar-refractivity contribution in [2.24, 2.45) is 16.8 Å². The monoisotopic (exact) mass is 290 g/mol. The molecule has 1 aliphatic heterocycles. The lowest BCUT2D eigenvalue weighted by molar-refractivity contribution is -0.0613. The molecule has 2 aliphatic rings. The third-order valence-electron chi connectivity index (χ3n) is 4.90. The normalized spacial score (nSPS) is 30.0. The van der Waals surface area contributed by atoms with Crippen LogP contribution in [0.25, 0.3) is 0 Å². The third kappa shape index (κ3) is 2.55. The summed E-state index contributed by atoms with van der Waals surface area (Å²) in [5.41, 5.74) is 5.87.